The van der Waals surface area contributed by atoms with E-state index in [0.29, 0.717) is 22.6 Å². The van der Waals surface area contributed by atoms with Gasteiger partial charge in [-0.15, -0.1) is 0 Å². The number of ether oxygens (including phenoxy) is 5. The molecule has 404 valence electrons. The number of benzene rings is 2. The standard InChI is InChI=1S/C44H52F17NO8Si/c1-9-67-34(63)25-28(6)11-10-12-33(66-8)35(70-36(64)62-30-15-19-31(65-7)20-16-30)29-13-17-32(18-14-29)68-22-23-69-71(26(2)3,27(4)5)24-21-37(45,46)38(47,48)39(49,50)40(51,52)41(53,54)42(55,56)43(57,58)44(59,60)61/h10-11,13-20,25-27,33,35H,9,12,21-24H2,1-8H3,(H,62,64)/b11-10+,28-25+/t33-,35-/m1/s1. The summed E-state index contributed by atoms with van der Waals surface area (Å²) in [6, 6.07) is 10.6. The summed E-state index contributed by atoms with van der Waals surface area (Å²) < 4.78 is 270. The predicted molar refractivity (Wildman–Crippen MR) is 225 cm³/mol. The Morgan fingerprint density at radius 2 is 1.17 bits per heavy atom. The molecule has 1 N–H and O–H groups in total. The third-order valence-corrected chi connectivity index (χ3v) is 16.8. The largest absolute Gasteiger partial charge is 0.497 e. The number of carbonyl (C=O) groups excluding carboxylic acids is 2. The number of allylic oxidation sites excluding steroid dienone is 2. The van der Waals surface area contributed by atoms with E-state index in [-0.39, 0.29) is 18.8 Å². The van der Waals surface area contributed by atoms with E-state index >= 15 is 8.78 Å². The highest BCUT2D eigenvalue weighted by atomic mass is 28.4. The van der Waals surface area contributed by atoms with E-state index in [2.05, 4.69) is 5.32 Å². The fourth-order valence-electron chi connectivity index (χ4n) is 6.95. The Kier molecular flexibility index (Phi) is 20.9. The Morgan fingerprint density at radius 3 is 1.63 bits per heavy atom. The molecule has 1 amide bonds. The summed E-state index contributed by atoms with van der Waals surface area (Å²) >= 11 is 0. The van der Waals surface area contributed by atoms with Crippen molar-refractivity contribution in [2.24, 2.45) is 0 Å². The van der Waals surface area contributed by atoms with Gasteiger partial charge in [-0.1, -0.05) is 52.0 Å². The number of carbonyl (C=O) groups is 2. The number of esters is 1. The molecule has 9 nitrogen and oxygen atoms in total. The average Bonchev–Trinajstić information content (AvgIpc) is 3.26. The maximum atomic E-state index is 15.1. The lowest BCUT2D eigenvalue weighted by Crippen LogP contribution is -2.74. The topological polar surface area (TPSA) is 102 Å². The molecule has 0 saturated heterocycles. The molecule has 2 atom stereocenters. The van der Waals surface area contributed by atoms with Crippen molar-refractivity contribution in [1.29, 1.82) is 0 Å². The molecule has 71 heavy (non-hydrogen) atoms. The first-order chi connectivity index (χ1) is 32.4. The van der Waals surface area contributed by atoms with Gasteiger partial charge in [-0.25, -0.2) is 9.59 Å². The maximum absolute atomic E-state index is 15.1. The highest BCUT2D eigenvalue weighted by Crippen LogP contribution is 2.64. The minimum atomic E-state index is -8.71. The van der Waals surface area contributed by atoms with E-state index in [1.807, 2.05) is 0 Å². The second kappa shape index (κ2) is 23.8. The Bertz CT molecular complexity index is 2090. The van der Waals surface area contributed by atoms with E-state index < -0.39 is 117 Å². The molecule has 0 aliphatic heterocycles. The molecule has 0 radical (unpaired) electrons. The molecule has 2 aromatic carbocycles. The van der Waals surface area contributed by atoms with Crippen LogP contribution in [0.4, 0.5) is 85.1 Å². The van der Waals surface area contributed by atoms with Crippen molar-refractivity contribution in [2.75, 3.05) is 39.4 Å². The van der Waals surface area contributed by atoms with Crippen molar-refractivity contribution in [3.8, 4) is 11.5 Å². The Labute approximate surface area is 398 Å². The van der Waals surface area contributed by atoms with Crippen LogP contribution in [0.3, 0.4) is 0 Å². The monoisotopic (exact) mass is 1070 g/mol. The zero-order chi connectivity index (χ0) is 54.8. The summed E-state index contributed by atoms with van der Waals surface area (Å²) in [6.45, 7) is 7.70. The van der Waals surface area contributed by atoms with Crippen LogP contribution in [-0.2, 0) is 23.4 Å². The number of methoxy groups -OCH3 is 2. The van der Waals surface area contributed by atoms with Gasteiger partial charge < -0.3 is 28.1 Å². The normalized spacial score (nSPS) is 15.0. The summed E-state index contributed by atoms with van der Waals surface area (Å²) in [5.41, 5.74) is -0.595. The van der Waals surface area contributed by atoms with Crippen molar-refractivity contribution in [3.05, 3.63) is 77.9 Å². The van der Waals surface area contributed by atoms with Gasteiger partial charge in [0, 0.05) is 25.3 Å². The second-order valence-electron chi connectivity index (χ2n) is 16.4. The molecule has 2 rings (SSSR count). The van der Waals surface area contributed by atoms with Gasteiger partial charge in [-0.05, 0) is 84.9 Å². The van der Waals surface area contributed by atoms with Crippen LogP contribution in [0.15, 0.2) is 72.3 Å². The van der Waals surface area contributed by atoms with Crippen LogP contribution in [0.25, 0.3) is 0 Å². The number of anilines is 1. The molecular weight excluding hydrogens is 1020 g/mol. The number of alkyl halides is 17. The molecule has 0 bridgehead atoms. The molecule has 0 aliphatic carbocycles. The maximum Gasteiger partial charge on any atom is 0.460 e. The van der Waals surface area contributed by atoms with E-state index in [4.69, 9.17) is 28.1 Å². The third kappa shape index (κ3) is 13.6. The molecule has 0 fully saturated rings. The molecule has 27 heteroatoms. The zero-order valence-corrected chi connectivity index (χ0v) is 40.1. The Balaban J connectivity index is 2.35. The van der Waals surface area contributed by atoms with Gasteiger partial charge in [0.1, 0.15) is 24.2 Å². The lowest BCUT2D eigenvalue weighted by atomic mass is 9.88. The lowest BCUT2D eigenvalue weighted by Gasteiger charge is -2.44. The van der Waals surface area contributed by atoms with Gasteiger partial charge in [-0.2, -0.15) is 74.6 Å². The number of nitrogens with one attached hydrogen (secondary N) is 1. The van der Waals surface area contributed by atoms with Crippen LogP contribution >= 0.6 is 0 Å². The first-order valence-corrected chi connectivity index (χ1v) is 23.4. The molecule has 2 aromatic rings. The number of rotatable bonds is 27. The molecule has 0 spiro atoms. The molecule has 0 aliphatic rings. The molecule has 0 aromatic heterocycles. The first kappa shape index (κ1) is 62.3. The summed E-state index contributed by atoms with van der Waals surface area (Å²) in [5.74, 6) is -56.9. The zero-order valence-electron chi connectivity index (χ0n) is 39.1. The van der Waals surface area contributed by atoms with Crippen molar-refractivity contribution >= 4 is 26.1 Å². The van der Waals surface area contributed by atoms with Gasteiger partial charge in [0.15, 0.2) is 14.4 Å². The minimum Gasteiger partial charge on any atom is -0.497 e. The second-order valence-corrected chi connectivity index (χ2v) is 21.4. The SMILES string of the molecule is CCOC(=O)/C=C(C)/C=C/C[C@@H](OC)[C@H](OC(=O)Nc1ccc(OC)cc1)c1ccc(OCCO[Si](CCC(F)(F)C(F)(F)C(F)(F)C(F)(F)C(F)(F)C(F)(F)C(F)(F)C(F)(F)F)(C(C)C)C(C)C)cc1. The van der Waals surface area contributed by atoms with E-state index in [0.717, 1.165) is 0 Å². The highest BCUT2D eigenvalue weighted by Gasteiger charge is 2.95. The highest BCUT2D eigenvalue weighted by molar-refractivity contribution is 6.76. The molecule has 0 saturated carbocycles. The van der Waals surface area contributed by atoms with Crippen LogP contribution in [0.1, 0.15) is 66.1 Å². The van der Waals surface area contributed by atoms with Crippen molar-refractivity contribution in [3.63, 3.8) is 0 Å². The van der Waals surface area contributed by atoms with Crippen LogP contribution in [0.2, 0.25) is 17.1 Å². The third-order valence-electron chi connectivity index (χ3n) is 11.1. The fraction of sp³-hybridized carbons (Fsp3) is 0.591. The molecule has 0 unspecified atom stereocenters. The van der Waals surface area contributed by atoms with Gasteiger partial charge in [-0.3, -0.25) is 5.32 Å². The number of hydrogen-bond acceptors (Lipinski definition) is 8. The minimum absolute atomic E-state index is 0.0958. The predicted octanol–water partition coefficient (Wildman–Crippen LogP) is 14.0. The van der Waals surface area contributed by atoms with E-state index in [9.17, 15) is 75.4 Å². The Morgan fingerprint density at radius 1 is 0.676 bits per heavy atom. The summed E-state index contributed by atoms with van der Waals surface area (Å²) in [5, 5.41) is 2.58. The van der Waals surface area contributed by atoms with Gasteiger partial charge in [0.25, 0.3) is 0 Å². The average molecular weight is 1070 g/mol. The molecule has 0 heterocycles. The fourth-order valence-corrected chi connectivity index (χ4v) is 11.4. The van der Waals surface area contributed by atoms with Crippen LogP contribution in [0, 0.1) is 0 Å². The van der Waals surface area contributed by atoms with Crippen LogP contribution < -0.4 is 14.8 Å². The Hall–Kier alpha value is -4.79. The molecular formula is C44H52F17NO8Si. The van der Waals surface area contributed by atoms with Crippen molar-refractivity contribution < 1.29 is 112 Å². The smallest absolute Gasteiger partial charge is 0.460 e. The lowest BCUT2D eigenvalue weighted by molar-refractivity contribution is -0.461. The van der Waals surface area contributed by atoms with Gasteiger partial charge in [0.2, 0.25) is 0 Å². The van der Waals surface area contributed by atoms with Crippen molar-refractivity contribution in [2.45, 2.75) is 131 Å². The van der Waals surface area contributed by atoms with Crippen molar-refractivity contribution in [1.82, 2.24) is 0 Å². The van der Waals surface area contributed by atoms with Crippen LogP contribution in [-0.4, -0.2) is 108 Å². The summed E-state index contributed by atoms with van der Waals surface area (Å²) in [7, 11) is -1.25. The first-order valence-electron chi connectivity index (χ1n) is 21.1. The quantitative estimate of drug-likeness (QED) is 0.0236. The number of hydrogen-bond donors (Lipinski definition) is 1. The van der Waals surface area contributed by atoms with E-state index in [1.54, 1.807) is 50.3 Å². The number of amides is 1. The summed E-state index contributed by atoms with van der Waals surface area (Å²) in [4.78, 5) is 25.0. The van der Waals surface area contributed by atoms with Crippen LogP contribution in [0.5, 0.6) is 11.5 Å². The van der Waals surface area contributed by atoms with Gasteiger partial charge >= 0.3 is 59.7 Å². The summed E-state index contributed by atoms with van der Waals surface area (Å²) in [6.07, 6.45) is -8.67. The van der Waals surface area contributed by atoms with E-state index in [1.165, 1.54) is 72.3 Å². The van der Waals surface area contributed by atoms with Gasteiger partial charge in [0.05, 0.1) is 20.3 Å². The number of halogens is 17.